The molecule has 0 spiro atoms. The van der Waals surface area contributed by atoms with E-state index < -0.39 is 17.5 Å². The van der Waals surface area contributed by atoms with Gasteiger partial charge in [0.15, 0.2) is 0 Å². The highest BCUT2D eigenvalue weighted by atomic mass is 16.6. The number of ether oxygens (including phenoxy) is 3. The van der Waals surface area contributed by atoms with Crippen molar-refractivity contribution in [3.63, 3.8) is 0 Å². The Morgan fingerprint density at radius 1 is 1.32 bits per heavy atom. The molecule has 7 heteroatoms. The molecule has 1 saturated heterocycles. The summed E-state index contributed by atoms with van der Waals surface area (Å²) in [6, 6.07) is 9.63. The number of aromatic nitrogens is 2. The van der Waals surface area contributed by atoms with Gasteiger partial charge in [-0.2, -0.15) is 0 Å². The van der Waals surface area contributed by atoms with Gasteiger partial charge >= 0.3 is 11.9 Å². The Morgan fingerprint density at radius 2 is 2.08 bits per heavy atom. The molecule has 1 fully saturated rings. The van der Waals surface area contributed by atoms with Crippen LogP contribution in [0.1, 0.15) is 35.4 Å². The lowest BCUT2D eigenvalue weighted by Gasteiger charge is -2.25. The molecule has 0 radical (unpaired) electrons. The number of nitrogens with zero attached hydrogens (tertiary/aromatic N) is 2. The lowest BCUT2D eigenvalue weighted by Crippen LogP contribution is -2.45. The van der Waals surface area contributed by atoms with Crippen LogP contribution in [-0.4, -0.2) is 47.4 Å². The highest BCUT2D eigenvalue weighted by Gasteiger charge is 2.48. The summed E-state index contributed by atoms with van der Waals surface area (Å²) in [6.45, 7) is 2.29. The molecule has 1 aliphatic heterocycles. The predicted octanol–water partition coefficient (Wildman–Crippen LogP) is 1.98. The minimum atomic E-state index is -1.39. The summed E-state index contributed by atoms with van der Waals surface area (Å²) in [7, 11) is 1.26. The van der Waals surface area contributed by atoms with E-state index in [0.717, 1.165) is 5.56 Å². The maximum Gasteiger partial charge on any atom is 0.357 e. The lowest BCUT2D eigenvalue weighted by atomic mass is 10.0. The molecule has 1 aromatic heterocycles. The average molecular weight is 344 g/mol. The van der Waals surface area contributed by atoms with Gasteiger partial charge in [-0.1, -0.05) is 30.3 Å². The van der Waals surface area contributed by atoms with Gasteiger partial charge in [-0.15, -0.1) is 0 Å². The lowest BCUT2D eigenvalue weighted by molar-refractivity contribution is -0.162. The second-order valence-electron chi connectivity index (χ2n) is 5.95. The summed E-state index contributed by atoms with van der Waals surface area (Å²) in [5.74, 6) is -1.24. The number of imidazole rings is 1. The summed E-state index contributed by atoms with van der Waals surface area (Å²) in [5, 5.41) is 0. The van der Waals surface area contributed by atoms with E-state index in [0.29, 0.717) is 6.61 Å². The van der Waals surface area contributed by atoms with Gasteiger partial charge in [0.2, 0.25) is 5.60 Å². The SMILES string of the molecule is COC(=O)C1(OC(=O)c2cncn2[C@H](C)c2ccccc2)CCOC1. The molecule has 2 aromatic rings. The van der Waals surface area contributed by atoms with Crippen molar-refractivity contribution < 1.29 is 23.8 Å². The van der Waals surface area contributed by atoms with Gasteiger partial charge in [-0.25, -0.2) is 14.6 Å². The summed E-state index contributed by atoms with van der Waals surface area (Å²) >= 11 is 0. The normalized spacial score (nSPS) is 20.9. The standard InChI is InChI=1S/C18H20N2O5/c1-13(14-6-4-3-5-7-14)20-12-19-10-15(20)16(21)25-18(17(22)23-2)8-9-24-11-18/h3-7,10,12-13H,8-9,11H2,1-2H3/t13-,18?/m1/s1. The topological polar surface area (TPSA) is 79.7 Å². The molecule has 1 aliphatic rings. The van der Waals surface area contributed by atoms with Crippen molar-refractivity contribution in [2.24, 2.45) is 0 Å². The number of hydrogen-bond donors (Lipinski definition) is 0. The Bertz CT molecular complexity index is 750. The Kier molecular flexibility index (Phi) is 4.85. The summed E-state index contributed by atoms with van der Waals surface area (Å²) in [4.78, 5) is 28.8. The number of carbonyl (C=O) groups is 2. The Labute approximate surface area is 145 Å². The molecule has 2 heterocycles. The number of carbonyl (C=O) groups excluding carboxylic acids is 2. The van der Waals surface area contributed by atoms with Crippen molar-refractivity contribution >= 4 is 11.9 Å². The van der Waals surface area contributed by atoms with Crippen molar-refractivity contribution in [3.8, 4) is 0 Å². The van der Waals surface area contributed by atoms with E-state index in [1.807, 2.05) is 37.3 Å². The minimum absolute atomic E-state index is 0.00616. The fourth-order valence-electron chi connectivity index (χ4n) is 2.91. The van der Waals surface area contributed by atoms with Gasteiger partial charge in [0, 0.05) is 6.42 Å². The maximum absolute atomic E-state index is 12.7. The molecule has 0 bridgehead atoms. The second kappa shape index (κ2) is 7.06. The van der Waals surface area contributed by atoms with Crippen LogP contribution in [0.2, 0.25) is 0 Å². The fraction of sp³-hybridized carbons (Fsp3) is 0.389. The van der Waals surface area contributed by atoms with Gasteiger partial charge in [-0.05, 0) is 12.5 Å². The van der Waals surface area contributed by atoms with E-state index in [4.69, 9.17) is 14.2 Å². The highest BCUT2D eigenvalue weighted by Crippen LogP contribution is 2.27. The van der Waals surface area contributed by atoms with Crippen LogP contribution in [0.5, 0.6) is 0 Å². The van der Waals surface area contributed by atoms with Crippen molar-refractivity contribution in [1.82, 2.24) is 9.55 Å². The quantitative estimate of drug-likeness (QED) is 0.772. The molecule has 1 aromatic carbocycles. The summed E-state index contributed by atoms with van der Waals surface area (Å²) in [6.07, 6.45) is 3.28. The molecule has 2 atom stereocenters. The summed E-state index contributed by atoms with van der Waals surface area (Å²) in [5.41, 5.74) is -0.0929. The first-order valence-electron chi connectivity index (χ1n) is 8.04. The Balaban J connectivity index is 1.84. The molecule has 3 rings (SSSR count). The van der Waals surface area contributed by atoms with E-state index in [9.17, 15) is 9.59 Å². The zero-order chi connectivity index (χ0) is 17.9. The van der Waals surface area contributed by atoms with Crippen molar-refractivity contribution in [3.05, 3.63) is 54.1 Å². The Hall–Kier alpha value is -2.67. The van der Waals surface area contributed by atoms with Crippen molar-refractivity contribution in [2.45, 2.75) is 25.0 Å². The van der Waals surface area contributed by atoms with E-state index in [1.54, 1.807) is 10.9 Å². The number of methoxy groups -OCH3 is 1. The van der Waals surface area contributed by atoms with E-state index >= 15 is 0 Å². The molecule has 0 amide bonds. The molecule has 132 valence electrons. The third-order valence-corrected chi connectivity index (χ3v) is 4.41. The molecule has 25 heavy (non-hydrogen) atoms. The van der Waals surface area contributed by atoms with E-state index in [2.05, 4.69) is 4.98 Å². The van der Waals surface area contributed by atoms with Crippen LogP contribution in [0.15, 0.2) is 42.9 Å². The van der Waals surface area contributed by atoms with E-state index in [-0.39, 0.29) is 24.8 Å². The van der Waals surface area contributed by atoms with Crippen LogP contribution in [0, 0.1) is 0 Å². The Morgan fingerprint density at radius 3 is 2.72 bits per heavy atom. The minimum Gasteiger partial charge on any atom is -0.466 e. The first kappa shape index (κ1) is 17.2. The highest BCUT2D eigenvalue weighted by molar-refractivity contribution is 5.91. The van der Waals surface area contributed by atoms with Gasteiger partial charge < -0.3 is 18.8 Å². The fourth-order valence-corrected chi connectivity index (χ4v) is 2.91. The van der Waals surface area contributed by atoms with Crippen molar-refractivity contribution in [2.75, 3.05) is 20.3 Å². The van der Waals surface area contributed by atoms with Crippen LogP contribution in [0.4, 0.5) is 0 Å². The number of rotatable bonds is 5. The number of esters is 2. The van der Waals surface area contributed by atoms with Gasteiger partial charge in [0.1, 0.15) is 5.69 Å². The van der Waals surface area contributed by atoms with Gasteiger partial charge in [0.05, 0.1) is 38.9 Å². The van der Waals surface area contributed by atoms with Crippen molar-refractivity contribution in [1.29, 1.82) is 0 Å². The molecule has 0 N–H and O–H groups in total. The second-order valence-corrected chi connectivity index (χ2v) is 5.95. The summed E-state index contributed by atoms with van der Waals surface area (Å²) < 4.78 is 17.3. The zero-order valence-electron chi connectivity index (χ0n) is 14.2. The van der Waals surface area contributed by atoms with Crippen LogP contribution in [0.25, 0.3) is 0 Å². The third-order valence-electron chi connectivity index (χ3n) is 4.41. The first-order chi connectivity index (χ1) is 12.1. The maximum atomic E-state index is 12.7. The third kappa shape index (κ3) is 3.28. The average Bonchev–Trinajstić information content (AvgIpc) is 3.31. The monoisotopic (exact) mass is 344 g/mol. The van der Waals surface area contributed by atoms with Gasteiger partial charge in [-0.3, -0.25) is 0 Å². The molecular weight excluding hydrogens is 324 g/mol. The number of hydrogen-bond acceptors (Lipinski definition) is 6. The first-order valence-corrected chi connectivity index (χ1v) is 8.04. The molecule has 0 aliphatic carbocycles. The van der Waals surface area contributed by atoms with Gasteiger partial charge in [0.25, 0.3) is 0 Å². The van der Waals surface area contributed by atoms with Crippen LogP contribution >= 0.6 is 0 Å². The van der Waals surface area contributed by atoms with Crippen LogP contribution in [-0.2, 0) is 19.0 Å². The smallest absolute Gasteiger partial charge is 0.357 e. The molecule has 7 nitrogen and oxygen atoms in total. The molecule has 1 unspecified atom stereocenters. The van der Waals surface area contributed by atoms with E-state index in [1.165, 1.54) is 13.3 Å². The molecule has 0 saturated carbocycles. The van der Waals surface area contributed by atoms with Crippen LogP contribution < -0.4 is 0 Å². The van der Waals surface area contributed by atoms with Crippen LogP contribution in [0.3, 0.4) is 0 Å². The molecular formula is C18H20N2O5. The number of benzene rings is 1. The predicted molar refractivity (Wildman–Crippen MR) is 88.1 cm³/mol. The largest absolute Gasteiger partial charge is 0.466 e. The zero-order valence-corrected chi connectivity index (χ0v) is 14.2.